The zero-order valence-corrected chi connectivity index (χ0v) is 17.0. The third kappa shape index (κ3) is 4.47. The highest BCUT2D eigenvalue weighted by Gasteiger charge is 2.24. The van der Waals surface area contributed by atoms with E-state index in [1.54, 1.807) is 6.07 Å². The number of hydrogen-bond acceptors (Lipinski definition) is 7. The van der Waals surface area contributed by atoms with Crippen LogP contribution in [-0.2, 0) is 21.4 Å². The lowest BCUT2D eigenvalue weighted by Gasteiger charge is -2.15. The smallest absolute Gasteiger partial charge is 0.338 e. The van der Waals surface area contributed by atoms with Crippen molar-refractivity contribution in [3.63, 3.8) is 0 Å². The van der Waals surface area contributed by atoms with Crippen LogP contribution in [0.25, 0.3) is 11.3 Å². The molecule has 0 saturated carbocycles. The molecule has 0 N–H and O–H groups in total. The summed E-state index contributed by atoms with van der Waals surface area (Å²) in [4.78, 5) is 12.3. The second-order valence-electron chi connectivity index (χ2n) is 6.28. The molecule has 9 heteroatoms. The first-order chi connectivity index (χ1) is 13.8. The Bertz CT molecular complexity index is 1110. The van der Waals surface area contributed by atoms with Crippen LogP contribution in [-0.4, -0.2) is 45.1 Å². The SMILES string of the molecule is COc1ccc(C(=O)OCc2cc(-c3ccccc3)on2)cc1S(=O)(=O)N(C)C. The lowest BCUT2D eigenvalue weighted by molar-refractivity contribution is 0.0464. The summed E-state index contributed by atoms with van der Waals surface area (Å²) in [5, 5.41) is 3.89. The number of benzene rings is 2. The predicted molar refractivity (Wildman–Crippen MR) is 105 cm³/mol. The maximum atomic E-state index is 12.5. The summed E-state index contributed by atoms with van der Waals surface area (Å²) >= 11 is 0. The van der Waals surface area contributed by atoms with E-state index in [-0.39, 0.29) is 22.8 Å². The van der Waals surface area contributed by atoms with E-state index in [0.29, 0.717) is 11.5 Å². The maximum Gasteiger partial charge on any atom is 0.338 e. The molecule has 3 rings (SSSR count). The molecular formula is C20H20N2O6S. The molecule has 8 nitrogen and oxygen atoms in total. The number of rotatable bonds is 7. The summed E-state index contributed by atoms with van der Waals surface area (Å²) < 4.78 is 41.6. The minimum Gasteiger partial charge on any atom is -0.495 e. The molecule has 0 aliphatic carbocycles. The number of nitrogens with zero attached hydrogens (tertiary/aromatic N) is 2. The molecule has 0 unspecified atom stereocenters. The standard InChI is InChI=1S/C20H20N2O6S/c1-22(2)29(24,25)19-11-15(9-10-17(19)26-3)20(23)27-13-16-12-18(28-21-16)14-7-5-4-6-8-14/h4-12H,13H2,1-3H3. The number of esters is 1. The minimum atomic E-state index is -3.80. The van der Waals surface area contributed by atoms with Crippen LogP contribution in [0.1, 0.15) is 16.1 Å². The summed E-state index contributed by atoms with van der Waals surface area (Å²) in [7, 11) is 0.356. The summed E-state index contributed by atoms with van der Waals surface area (Å²) in [6, 6.07) is 15.2. The largest absolute Gasteiger partial charge is 0.495 e. The van der Waals surface area contributed by atoms with Crippen LogP contribution in [0.15, 0.2) is 64.0 Å². The number of methoxy groups -OCH3 is 1. The molecule has 0 spiro atoms. The molecule has 0 atom stereocenters. The van der Waals surface area contributed by atoms with Gasteiger partial charge in [0.1, 0.15) is 22.9 Å². The maximum absolute atomic E-state index is 12.5. The molecule has 0 amide bonds. The Morgan fingerprint density at radius 3 is 2.48 bits per heavy atom. The Morgan fingerprint density at radius 2 is 1.83 bits per heavy atom. The second-order valence-corrected chi connectivity index (χ2v) is 8.40. The van der Waals surface area contributed by atoms with Crippen LogP contribution in [0.5, 0.6) is 5.75 Å². The average molecular weight is 416 g/mol. The molecule has 0 saturated heterocycles. The minimum absolute atomic E-state index is 0.0815. The topological polar surface area (TPSA) is 98.9 Å². The Balaban J connectivity index is 1.76. The van der Waals surface area contributed by atoms with Gasteiger partial charge in [0.2, 0.25) is 10.0 Å². The average Bonchev–Trinajstić information content (AvgIpc) is 3.21. The van der Waals surface area contributed by atoms with Gasteiger partial charge in [-0.15, -0.1) is 0 Å². The van der Waals surface area contributed by atoms with Gasteiger partial charge >= 0.3 is 5.97 Å². The number of carbonyl (C=O) groups excluding carboxylic acids is 1. The fraction of sp³-hybridized carbons (Fsp3) is 0.200. The van der Waals surface area contributed by atoms with Crippen molar-refractivity contribution in [2.75, 3.05) is 21.2 Å². The number of carbonyl (C=O) groups is 1. The van der Waals surface area contributed by atoms with E-state index >= 15 is 0 Å². The lowest BCUT2D eigenvalue weighted by atomic mass is 10.2. The van der Waals surface area contributed by atoms with Crippen molar-refractivity contribution in [2.24, 2.45) is 0 Å². The molecule has 0 fully saturated rings. The summed E-state index contributed by atoms with van der Waals surface area (Å²) in [6.07, 6.45) is 0. The quantitative estimate of drug-likeness (QED) is 0.546. The highest BCUT2D eigenvalue weighted by Crippen LogP contribution is 2.27. The first kappa shape index (κ1) is 20.6. The molecular weight excluding hydrogens is 396 g/mol. The van der Waals surface area contributed by atoms with Crippen LogP contribution in [0.2, 0.25) is 0 Å². The highest BCUT2D eigenvalue weighted by atomic mass is 32.2. The van der Waals surface area contributed by atoms with Crippen molar-refractivity contribution < 1.29 is 27.2 Å². The van der Waals surface area contributed by atoms with Gasteiger partial charge in [-0.1, -0.05) is 35.5 Å². The molecule has 0 aliphatic rings. The Kier molecular flexibility index (Phi) is 6.00. The van der Waals surface area contributed by atoms with Gasteiger partial charge < -0.3 is 14.0 Å². The highest BCUT2D eigenvalue weighted by molar-refractivity contribution is 7.89. The summed E-state index contributed by atoms with van der Waals surface area (Å²) in [5.41, 5.74) is 1.37. The molecule has 0 aliphatic heterocycles. The van der Waals surface area contributed by atoms with Gasteiger partial charge in [-0.2, -0.15) is 0 Å². The molecule has 152 valence electrons. The van der Waals surface area contributed by atoms with E-state index in [2.05, 4.69) is 5.16 Å². The number of aromatic nitrogens is 1. The first-order valence-corrected chi connectivity index (χ1v) is 10.1. The van der Waals surface area contributed by atoms with Crippen LogP contribution in [0.3, 0.4) is 0 Å². The normalized spacial score (nSPS) is 11.4. The Hall–Kier alpha value is -3.17. The first-order valence-electron chi connectivity index (χ1n) is 8.61. The van der Waals surface area contributed by atoms with Gasteiger partial charge in [0.15, 0.2) is 5.76 Å². The molecule has 1 aromatic heterocycles. The fourth-order valence-electron chi connectivity index (χ4n) is 2.54. The third-order valence-corrected chi connectivity index (χ3v) is 5.96. The lowest BCUT2D eigenvalue weighted by Crippen LogP contribution is -2.23. The molecule has 0 bridgehead atoms. The molecule has 3 aromatic rings. The van der Waals surface area contributed by atoms with Gasteiger partial charge in [0, 0.05) is 25.7 Å². The zero-order valence-electron chi connectivity index (χ0n) is 16.2. The van der Waals surface area contributed by atoms with Crippen molar-refractivity contribution in [3.05, 3.63) is 65.9 Å². The van der Waals surface area contributed by atoms with Crippen LogP contribution >= 0.6 is 0 Å². The number of hydrogen-bond donors (Lipinski definition) is 0. The van der Waals surface area contributed by atoms with Crippen LogP contribution < -0.4 is 4.74 Å². The summed E-state index contributed by atoms with van der Waals surface area (Å²) in [6.45, 7) is -0.114. The van der Waals surface area contributed by atoms with E-state index in [4.69, 9.17) is 14.0 Å². The van der Waals surface area contributed by atoms with Gasteiger partial charge in [-0.25, -0.2) is 17.5 Å². The van der Waals surface area contributed by atoms with Crippen molar-refractivity contribution in [3.8, 4) is 17.1 Å². The monoisotopic (exact) mass is 416 g/mol. The molecule has 2 aromatic carbocycles. The van der Waals surface area contributed by atoms with Gasteiger partial charge in [-0.05, 0) is 18.2 Å². The fourth-order valence-corrected chi connectivity index (χ4v) is 3.62. The van der Waals surface area contributed by atoms with Crippen molar-refractivity contribution in [1.29, 1.82) is 0 Å². The second kappa shape index (κ2) is 8.46. The van der Waals surface area contributed by atoms with E-state index in [0.717, 1.165) is 9.87 Å². The Labute approximate surface area is 168 Å². The molecule has 1 heterocycles. The van der Waals surface area contributed by atoms with Gasteiger partial charge in [0.05, 0.1) is 12.7 Å². The number of sulfonamides is 1. The van der Waals surface area contributed by atoms with Gasteiger partial charge in [0.25, 0.3) is 0 Å². The van der Waals surface area contributed by atoms with Crippen LogP contribution in [0, 0.1) is 0 Å². The van der Waals surface area contributed by atoms with Crippen molar-refractivity contribution in [2.45, 2.75) is 11.5 Å². The Morgan fingerprint density at radius 1 is 1.10 bits per heavy atom. The van der Waals surface area contributed by atoms with Gasteiger partial charge in [-0.3, -0.25) is 0 Å². The third-order valence-electron chi connectivity index (χ3n) is 4.13. The molecule has 0 radical (unpaired) electrons. The van der Waals surface area contributed by atoms with Crippen LogP contribution in [0.4, 0.5) is 0 Å². The van der Waals surface area contributed by atoms with E-state index < -0.39 is 16.0 Å². The zero-order chi connectivity index (χ0) is 21.0. The number of ether oxygens (including phenoxy) is 2. The summed E-state index contributed by atoms with van der Waals surface area (Å²) in [5.74, 6) is 0.00633. The van der Waals surface area contributed by atoms with Crippen molar-refractivity contribution in [1.82, 2.24) is 9.46 Å². The van der Waals surface area contributed by atoms with E-state index in [1.807, 2.05) is 30.3 Å². The molecule has 29 heavy (non-hydrogen) atoms. The predicted octanol–water partition coefficient (Wildman–Crippen LogP) is 2.96. The van der Waals surface area contributed by atoms with Crippen molar-refractivity contribution >= 4 is 16.0 Å². The van der Waals surface area contributed by atoms with E-state index in [1.165, 1.54) is 39.4 Å². The van der Waals surface area contributed by atoms with E-state index in [9.17, 15) is 13.2 Å².